The number of carbonyl (C=O) groups is 1. The first-order chi connectivity index (χ1) is 27.5. The molecule has 0 saturated carbocycles. The van der Waals surface area contributed by atoms with Crippen LogP contribution in [-0.4, -0.2) is 68.5 Å². The van der Waals surface area contributed by atoms with Gasteiger partial charge in [-0.3, -0.25) is 9.36 Å². The molecule has 0 aliphatic heterocycles. The highest BCUT2D eigenvalue weighted by atomic mass is 31.2. The van der Waals surface area contributed by atoms with Gasteiger partial charge in [0.15, 0.2) is 0 Å². The highest BCUT2D eigenvalue weighted by Gasteiger charge is 2.23. The molecule has 0 aromatic carbocycles. The number of phosphoric ester groups is 1. The Morgan fingerprint density at radius 3 is 1.63 bits per heavy atom. The van der Waals surface area contributed by atoms with Crippen molar-refractivity contribution in [3.05, 3.63) is 97.2 Å². The maximum Gasteiger partial charge on any atom is 0.268 e. The number of nitrogens with zero attached hydrogens (tertiary/aromatic N) is 1. The number of quaternary nitrogens is 1. The van der Waals surface area contributed by atoms with E-state index in [-0.39, 0.29) is 12.5 Å². The molecule has 3 atom stereocenters. The Labute approximate surface area is 349 Å². The summed E-state index contributed by atoms with van der Waals surface area (Å²) in [5.74, 6) is -0.226. The Morgan fingerprint density at radius 1 is 0.632 bits per heavy atom. The van der Waals surface area contributed by atoms with Gasteiger partial charge in [0, 0.05) is 6.42 Å². The Bertz CT molecular complexity index is 1240. The number of aliphatic hydroxyl groups excluding tert-OH is 1. The summed E-state index contributed by atoms with van der Waals surface area (Å²) >= 11 is 0. The number of allylic oxidation sites excluding steroid dienone is 15. The summed E-state index contributed by atoms with van der Waals surface area (Å²) in [4.78, 5) is 25.2. The van der Waals surface area contributed by atoms with Crippen LogP contribution in [0.4, 0.5) is 0 Å². The van der Waals surface area contributed by atoms with Gasteiger partial charge in [0.2, 0.25) is 5.91 Å². The van der Waals surface area contributed by atoms with Gasteiger partial charge in [-0.15, -0.1) is 0 Å². The van der Waals surface area contributed by atoms with Crippen LogP contribution in [0.25, 0.3) is 0 Å². The van der Waals surface area contributed by atoms with Gasteiger partial charge in [0.1, 0.15) is 13.2 Å². The Kier molecular flexibility index (Phi) is 37.2. The van der Waals surface area contributed by atoms with Gasteiger partial charge in [-0.2, -0.15) is 0 Å². The number of likely N-dealkylation sites (N-methyl/N-ethyl adjacent to an activating group) is 1. The van der Waals surface area contributed by atoms with E-state index in [0.717, 1.165) is 96.3 Å². The second-order valence-electron chi connectivity index (χ2n) is 15.7. The zero-order chi connectivity index (χ0) is 42.1. The normalized spacial score (nSPS) is 15.3. The molecule has 57 heavy (non-hydrogen) atoms. The maximum atomic E-state index is 12.8. The second kappa shape index (κ2) is 38.9. The van der Waals surface area contributed by atoms with E-state index in [1.807, 2.05) is 27.2 Å². The lowest BCUT2D eigenvalue weighted by atomic mass is 10.1. The number of phosphoric acid groups is 1. The lowest BCUT2D eigenvalue weighted by Crippen LogP contribution is -2.45. The van der Waals surface area contributed by atoms with Gasteiger partial charge in [0.25, 0.3) is 7.82 Å². The minimum Gasteiger partial charge on any atom is -0.756 e. The van der Waals surface area contributed by atoms with Crippen LogP contribution in [0.3, 0.4) is 0 Å². The topological polar surface area (TPSA) is 108 Å². The van der Waals surface area contributed by atoms with Gasteiger partial charge in [-0.25, -0.2) is 0 Å². The highest BCUT2D eigenvalue weighted by molar-refractivity contribution is 7.45. The number of unbranched alkanes of at least 4 members (excludes halogenated alkanes) is 11. The molecule has 0 aliphatic carbocycles. The highest BCUT2D eigenvalue weighted by Crippen LogP contribution is 2.38. The number of carbonyl (C=O) groups excluding carboxylic acids is 1. The van der Waals surface area contributed by atoms with E-state index in [4.69, 9.17) is 9.05 Å². The van der Waals surface area contributed by atoms with Crippen molar-refractivity contribution in [1.29, 1.82) is 0 Å². The molecule has 8 nitrogen and oxygen atoms in total. The van der Waals surface area contributed by atoms with Gasteiger partial charge in [-0.1, -0.05) is 162 Å². The molecule has 0 aromatic rings. The van der Waals surface area contributed by atoms with Crippen LogP contribution >= 0.6 is 7.82 Å². The molecule has 0 radical (unpaired) electrons. The van der Waals surface area contributed by atoms with Crippen molar-refractivity contribution < 1.29 is 32.9 Å². The monoisotopic (exact) mass is 815 g/mol. The minimum atomic E-state index is -4.60. The third kappa shape index (κ3) is 41.4. The number of hydrogen-bond acceptors (Lipinski definition) is 6. The average molecular weight is 815 g/mol. The smallest absolute Gasteiger partial charge is 0.268 e. The van der Waals surface area contributed by atoms with E-state index >= 15 is 0 Å². The lowest BCUT2D eigenvalue weighted by Gasteiger charge is -2.29. The standard InChI is InChI=1S/C48H83N2O6P/c1-6-8-10-12-14-16-17-18-19-20-21-22-23-24-25-26-27-28-29-30-31-32-33-34-36-38-40-42-48(52)49-46(45-56-57(53,54)55-44-43-50(3,4)5)47(51)41-39-37-35-15-13-11-9-7-2/h8,10,13-16,18-19,21-22,24-25,27-28,39,41,46-47,51H,6-7,9,11-12,17,20,23,26,29-38,40,42-45H2,1-5H3,(H-,49,52,53,54)/b10-8-,15-13+,16-14-,19-18-,22-21-,25-24-,28-27-,41-39+. The zero-order valence-electron chi connectivity index (χ0n) is 36.7. The van der Waals surface area contributed by atoms with Crippen LogP contribution in [0.2, 0.25) is 0 Å². The third-order valence-electron chi connectivity index (χ3n) is 9.03. The summed E-state index contributed by atoms with van der Waals surface area (Å²) in [6, 6.07) is -0.911. The molecular weight excluding hydrogens is 732 g/mol. The van der Waals surface area contributed by atoms with Crippen LogP contribution in [0.5, 0.6) is 0 Å². The summed E-state index contributed by atoms with van der Waals surface area (Å²) in [7, 11) is 1.21. The minimum absolute atomic E-state index is 0.0140. The first kappa shape index (κ1) is 54.4. The fourth-order valence-electron chi connectivity index (χ4n) is 5.51. The first-order valence-electron chi connectivity index (χ1n) is 22.1. The molecule has 0 saturated heterocycles. The molecule has 1 amide bonds. The Balaban J connectivity index is 4.23. The van der Waals surface area contributed by atoms with Crippen molar-refractivity contribution >= 4 is 13.7 Å². The summed E-state index contributed by atoms with van der Waals surface area (Å²) in [6.45, 7) is 4.39. The van der Waals surface area contributed by atoms with Gasteiger partial charge in [0.05, 0.1) is 39.9 Å². The molecule has 0 spiro atoms. The van der Waals surface area contributed by atoms with Gasteiger partial charge < -0.3 is 28.8 Å². The van der Waals surface area contributed by atoms with Crippen molar-refractivity contribution in [3.63, 3.8) is 0 Å². The van der Waals surface area contributed by atoms with E-state index < -0.39 is 26.6 Å². The van der Waals surface area contributed by atoms with Crippen LogP contribution in [0.1, 0.15) is 149 Å². The molecule has 0 rings (SSSR count). The summed E-state index contributed by atoms with van der Waals surface area (Å²) < 4.78 is 23.1. The van der Waals surface area contributed by atoms with E-state index in [2.05, 4.69) is 104 Å². The quantitative estimate of drug-likeness (QED) is 0.0278. The van der Waals surface area contributed by atoms with Crippen LogP contribution in [0.15, 0.2) is 97.2 Å². The van der Waals surface area contributed by atoms with E-state index in [1.165, 1.54) is 32.1 Å². The third-order valence-corrected chi connectivity index (χ3v) is 9.99. The first-order valence-corrected chi connectivity index (χ1v) is 23.6. The van der Waals surface area contributed by atoms with Crippen molar-refractivity contribution in [2.75, 3.05) is 40.9 Å². The molecule has 326 valence electrons. The molecule has 3 unspecified atom stereocenters. The molecule has 2 N–H and O–H groups in total. The van der Waals surface area contributed by atoms with Crippen LogP contribution in [0, 0.1) is 0 Å². The molecule has 9 heteroatoms. The number of amides is 1. The largest absolute Gasteiger partial charge is 0.756 e. The molecule has 0 aromatic heterocycles. The van der Waals surface area contributed by atoms with Crippen molar-refractivity contribution in [2.45, 2.75) is 161 Å². The van der Waals surface area contributed by atoms with Crippen molar-refractivity contribution in [2.24, 2.45) is 0 Å². The Hall–Kier alpha value is -2.58. The maximum absolute atomic E-state index is 12.8. The predicted molar refractivity (Wildman–Crippen MR) is 242 cm³/mol. The number of rotatable bonds is 38. The predicted octanol–water partition coefficient (Wildman–Crippen LogP) is 11.7. The lowest BCUT2D eigenvalue weighted by molar-refractivity contribution is -0.870. The van der Waals surface area contributed by atoms with Gasteiger partial charge >= 0.3 is 0 Å². The van der Waals surface area contributed by atoms with E-state index in [0.29, 0.717) is 17.4 Å². The molecular formula is C48H83N2O6P. The zero-order valence-corrected chi connectivity index (χ0v) is 37.6. The molecule has 0 fully saturated rings. The number of hydrogen-bond donors (Lipinski definition) is 2. The average Bonchev–Trinajstić information content (AvgIpc) is 3.16. The fraction of sp³-hybridized carbons (Fsp3) is 0.646. The summed E-state index contributed by atoms with van der Waals surface area (Å²) in [5, 5.41) is 13.6. The summed E-state index contributed by atoms with van der Waals surface area (Å²) in [6.07, 6.45) is 54.8. The SMILES string of the molecule is CC/C=C\C/C=C\C/C=C\C/C=C\C/C=C\C/C=C\CCCCCCCCCCC(=O)NC(COP(=O)([O-])OCC[N+](C)(C)C)C(O)/C=C/CC/C=C/CCCC. The van der Waals surface area contributed by atoms with Crippen molar-refractivity contribution in [3.8, 4) is 0 Å². The van der Waals surface area contributed by atoms with Crippen LogP contribution in [-0.2, 0) is 18.4 Å². The molecule has 0 heterocycles. The second-order valence-corrected chi connectivity index (χ2v) is 17.1. The van der Waals surface area contributed by atoms with E-state index in [9.17, 15) is 19.4 Å². The summed E-state index contributed by atoms with van der Waals surface area (Å²) in [5.41, 5.74) is 0. The number of nitrogens with one attached hydrogen (secondary N) is 1. The number of aliphatic hydroxyl groups is 1. The van der Waals surface area contributed by atoms with Gasteiger partial charge in [-0.05, 0) is 77.0 Å². The van der Waals surface area contributed by atoms with E-state index in [1.54, 1.807) is 6.08 Å². The fourth-order valence-corrected chi connectivity index (χ4v) is 6.23. The van der Waals surface area contributed by atoms with Crippen LogP contribution < -0.4 is 10.2 Å². The van der Waals surface area contributed by atoms with Crippen molar-refractivity contribution in [1.82, 2.24) is 5.32 Å². The molecule has 0 bridgehead atoms. The molecule has 0 aliphatic rings. The Morgan fingerprint density at radius 2 is 1.09 bits per heavy atom.